The number of carboxylic acids is 1. The molecule has 0 atom stereocenters. The summed E-state index contributed by atoms with van der Waals surface area (Å²) in [5.41, 5.74) is 4.64. The Bertz CT molecular complexity index is 995. The molecule has 0 amide bonds. The minimum atomic E-state index is -1.03. The third-order valence-corrected chi connectivity index (χ3v) is 3.95. The lowest BCUT2D eigenvalue weighted by Crippen LogP contribution is -2.10. The molecule has 0 aliphatic heterocycles. The summed E-state index contributed by atoms with van der Waals surface area (Å²) in [5, 5.41) is 9.06. The van der Waals surface area contributed by atoms with Gasteiger partial charge in [0.25, 0.3) is 0 Å². The molecule has 0 unspecified atom stereocenters. The zero-order valence-electron chi connectivity index (χ0n) is 15.3. The van der Waals surface area contributed by atoms with Crippen LogP contribution in [-0.4, -0.2) is 35.1 Å². The third kappa shape index (κ3) is 5.04. The van der Waals surface area contributed by atoms with Gasteiger partial charge in [0.05, 0.1) is 5.69 Å². The minimum Gasteiger partial charge on any atom is -0.477 e. The highest BCUT2D eigenvalue weighted by Gasteiger charge is 2.06. The van der Waals surface area contributed by atoms with Gasteiger partial charge in [-0.2, -0.15) is 0 Å². The predicted octanol–water partition coefficient (Wildman–Crippen LogP) is 3.91. The average molecular weight is 356 g/mol. The summed E-state index contributed by atoms with van der Waals surface area (Å²) in [7, 11) is 4.09. The van der Waals surface area contributed by atoms with Crippen LogP contribution in [-0.2, 0) is 6.54 Å². The maximum absolute atomic E-state index is 11.0. The number of hydrogen-bond acceptors (Lipinski definition) is 3. The SMILES string of the molecule is CN(C)Cc1ccc(C#Cc2ccc(-c3cccc(C(=O)O)n3)cc2)cc1. The van der Waals surface area contributed by atoms with Crippen molar-refractivity contribution in [2.24, 2.45) is 0 Å². The molecule has 1 heterocycles. The van der Waals surface area contributed by atoms with E-state index in [1.165, 1.54) is 11.6 Å². The molecule has 0 saturated carbocycles. The lowest BCUT2D eigenvalue weighted by atomic mass is 10.1. The largest absolute Gasteiger partial charge is 0.477 e. The highest BCUT2D eigenvalue weighted by molar-refractivity contribution is 5.86. The van der Waals surface area contributed by atoms with Crippen LogP contribution in [0, 0.1) is 11.8 Å². The van der Waals surface area contributed by atoms with E-state index < -0.39 is 5.97 Å². The molecule has 0 bridgehead atoms. The van der Waals surface area contributed by atoms with Gasteiger partial charge in [-0.15, -0.1) is 0 Å². The van der Waals surface area contributed by atoms with Crippen LogP contribution in [0.3, 0.4) is 0 Å². The van der Waals surface area contributed by atoms with E-state index in [-0.39, 0.29) is 5.69 Å². The van der Waals surface area contributed by atoms with Gasteiger partial charge >= 0.3 is 5.97 Å². The highest BCUT2D eigenvalue weighted by atomic mass is 16.4. The number of carboxylic acid groups (broad SMARTS) is 1. The Kier molecular flexibility index (Phi) is 5.65. The zero-order chi connectivity index (χ0) is 19.2. The van der Waals surface area contributed by atoms with E-state index in [1.807, 2.05) is 50.5 Å². The number of carbonyl (C=O) groups is 1. The number of pyridine rings is 1. The number of hydrogen-bond donors (Lipinski definition) is 1. The van der Waals surface area contributed by atoms with Crippen LogP contribution in [0.5, 0.6) is 0 Å². The Morgan fingerprint density at radius 2 is 1.52 bits per heavy atom. The Hall–Kier alpha value is -3.42. The number of benzene rings is 2. The summed E-state index contributed by atoms with van der Waals surface area (Å²) in [6, 6.07) is 20.8. The number of aromatic nitrogens is 1. The molecule has 0 aliphatic carbocycles. The van der Waals surface area contributed by atoms with Crippen LogP contribution in [0.1, 0.15) is 27.2 Å². The molecule has 0 fully saturated rings. The maximum Gasteiger partial charge on any atom is 0.354 e. The summed E-state index contributed by atoms with van der Waals surface area (Å²) in [5.74, 6) is 5.29. The summed E-state index contributed by atoms with van der Waals surface area (Å²) in [6.07, 6.45) is 0. The predicted molar refractivity (Wildman–Crippen MR) is 106 cm³/mol. The fraction of sp³-hybridized carbons (Fsp3) is 0.130. The topological polar surface area (TPSA) is 53.4 Å². The molecule has 3 rings (SSSR count). The van der Waals surface area contributed by atoms with Crippen LogP contribution < -0.4 is 0 Å². The summed E-state index contributed by atoms with van der Waals surface area (Å²) < 4.78 is 0. The molecule has 0 saturated heterocycles. The molecular weight excluding hydrogens is 336 g/mol. The van der Waals surface area contributed by atoms with Crippen molar-refractivity contribution >= 4 is 5.97 Å². The molecule has 0 spiro atoms. The Balaban J connectivity index is 1.74. The number of rotatable bonds is 4. The first-order valence-corrected chi connectivity index (χ1v) is 8.58. The van der Waals surface area contributed by atoms with Crippen molar-refractivity contribution in [2.75, 3.05) is 14.1 Å². The van der Waals surface area contributed by atoms with Gasteiger partial charge in [-0.25, -0.2) is 9.78 Å². The van der Waals surface area contributed by atoms with Gasteiger partial charge in [0.15, 0.2) is 0 Å². The van der Waals surface area contributed by atoms with E-state index in [0.29, 0.717) is 5.69 Å². The van der Waals surface area contributed by atoms with E-state index in [2.05, 4.69) is 33.9 Å². The first-order chi connectivity index (χ1) is 13.0. The van der Waals surface area contributed by atoms with Crippen LogP contribution in [0.25, 0.3) is 11.3 Å². The molecular formula is C23H20N2O2. The van der Waals surface area contributed by atoms with Crippen LogP contribution >= 0.6 is 0 Å². The van der Waals surface area contributed by atoms with Gasteiger partial charge in [-0.3, -0.25) is 0 Å². The van der Waals surface area contributed by atoms with Crippen LogP contribution in [0.15, 0.2) is 66.7 Å². The zero-order valence-corrected chi connectivity index (χ0v) is 15.3. The molecule has 0 aliphatic rings. The molecule has 1 N–H and O–H groups in total. The summed E-state index contributed by atoms with van der Waals surface area (Å²) >= 11 is 0. The van der Waals surface area contributed by atoms with Crippen molar-refractivity contribution < 1.29 is 9.90 Å². The highest BCUT2D eigenvalue weighted by Crippen LogP contribution is 2.18. The Labute approximate surface area is 159 Å². The maximum atomic E-state index is 11.0. The minimum absolute atomic E-state index is 0.0362. The first-order valence-electron chi connectivity index (χ1n) is 8.58. The van der Waals surface area contributed by atoms with E-state index in [9.17, 15) is 4.79 Å². The fourth-order valence-corrected chi connectivity index (χ4v) is 2.64. The fourth-order valence-electron chi connectivity index (χ4n) is 2.64. The Morgan fingerprint density at radius 1 is 0.926 bits per heavy atom. The van der Waals surface area contributed by atoms with Crippen molar-refractivity contribution in [3.8, 4) is 23.1 Å². The average Bonchev–Trinajstić information content (AvgIpc) is 2.67. The molecule has 134 valence electrons. The van der Waals surface area contributed by atoms with Gasteiger partial charge < -0.3 is 10.0 Å². The van der Waals surface area contributed by atoms with Gasteiger partial charge in [-0.05, 0) is 56.1 Å². The molecule has 2 aromatic carbocycles. The second kappa shape index (κ2) is 8.31. The first kappa shape index (κ1) is 18.4. The smallest absolute Gasteiger partial charge is 0.354 e. The van der Waals surface area contributed by atoms with Crippen molar-refractivity contribution in [1.29, 1.82) is 0 Å². The summed E-state index contributed by atoms with van der Waals surface area (Å²) in [6.45, 7) is 0.909. The van der Waals surface area contributed by atoms with E-state index in [0.717, 1.165) is 23.2 Å². The van der Waals surface area contributed by atoms with Crippen molar-refractivity contribution in [3.63, 3.8) is 0 Å². The van der Waals surface area contributed by atoms with Crippen molar-refractivity contribution in [3.05, 3.63) is 89.1 Å². The third-order valence-electron chi connectivity index (χ3n) is 3.95. The normalized spacial score (nSPS) is 10.3. The van der Waals surface area contributed by atoms with Crippen molar-refractivity contribution in [1.82, 2.24) is 9.88 Å². The molecule has 4 heteroatoms. The molecule has 27 heavy (non-hydrogen) atoms. The van der Waals surface area contributed by atoms with E-state index in [1.54, 1.807) is 12.1 Å². The Morgan fingerprint density at radius 3 is 2.07 bits per heavy atom. The monoisotopic (exact) mass is 356 g/mol. The number of aromatic carboxylic acids is 1. The van der Waals surface area contributed by atoms with Gasteiger partial charge in [0, 0.05) is 23.2 Å². The lowest BCUT2D eigenvalue weighted by Gasteiger charge is -2.08. The second-order valence-corrected chi connectivity index (χ2v) is 6.48. The molecule has 4 nitrogen and oxygen atoms in total. The standard InChI is InChI=1S/C23H20N2O2/c1-25(2)16-19-10-8-17(9-11-19)6-7-18-12-14-20(15-13-18)21-4-3-5-22(24-21)23(26)27/h3-5,8-15H,16H2,1-2H3,(H,26,27). The van der Waals surface area contributed by atoms with Crippen molar-refractivity contribution in [2.45, 2.75) is 6.54 Å². The molecule has 0 radical (unpaired) electrons. The van der Waals surface area contributed by atoms with E-state index in [4.69, 9.17) is 5.11 Å². The number of nitrogens with zero attached hydrogens (tertiary/aromatic N) is 2. The van der Waals surface area contributed by atoms with Gasteiger partial charge in [-0.1, -0.05) is 42.2 Å². The molecule has 3 aromatic rings. The van der Waals surface area contributed by atoms with Crippen LogP contribution in [0.4, 0.5) is 0 Å². The van der Waals surface area contributed by atoms with Crippen LogP contribution in [0.2, 0.25) is 0 Å². The van der Waals surface area contributed by atoms with E-state index >= 15 is 0 Å². The van der Waals surface area contributed by atoms with Gasteiger partial charge in [0.1, 0.15) is 5.69 Å². The van der Waals surface area contributed by atoms with Gasteiger partial charge in [0.2, 0.25) is 0 Å². The summed E-state index contributed by atoms with van der Waals surface area (Å²) in [4.78, 5) is 17.3. The quantitative estimate of drug-likeness (QED) is 0.720. The second-order valence-electron chi connectivity index (χ2n) is 6.48. The molecule has 1 aromatic heterocycles. The lowest BCUT2D eigenvalue weighted by molar-refractivity contribution is 0.0690.